The van der Waals surface area contributed by atoms with Gasteiger partial charge in [-0.15, -0.1) is 0 Å². The molecule has 0 aliphatic carbocycles. The zero-order valence-corrected chi connectivity index (χ0v) is 16.0. The lowest BCUT2D eigenvalue weighted by molar-refractivity contribution is -0.154. The SMILES string of the molecule is COCC1CCCN1S(=O)(=O)c1cc(OCC(F)(F)F)ccc1OCC(F)(F)F. The Hall–Kier alpha value is -1.73. The summed E-state index contributed by atoms with van der Waals surface area (Å²) in [6.45, 7) is -3.31. The van der Waals surface area contributed by atoms with Crippen LogP contribution in [0.4, 0.5) is 26.3 Å². The quantitative estimate of drug-likeness (QED) is 0.568. The topological polar surface area (TPSA) is 65.1 Å². The maximum Gasteiger partial charge on any atom is 0.422 e. The normalized spacial score (nSPS) is 18.8. The molecule has 1 atom stereocenters. The standard InChI is InChI=1S/C16H19F6NO5S/c1-26-8-11-3-2-6-23(11)29(24,25)14-7-12(27-9-15(17,18)19)4-5-13(14)28-10-16(20,21)22/h4-5,7,11H,2-3,6,8-10H2,1H3. The Labute approximate surface area is 163 Å². The number of methoxy groups -OCH3 is 1. The predicted molar refractivity (Wildman–Crippen MR) is 88.3 cm³/mol. The largest absolute Gasteiger partial charge is 0.484 e. The van der Waals surface area contributed by atoms with Crippen LogP contribution in [0.15, 0.2) is 23.1 Å². The lowest BCUT2D eigenvalue weighted by atomic mass is 10.2. The van der Waals surface area contributed by atoms with Crippen molar-refractivity contribution in [3.63, 3.8) is 0 Å². The molecule has 0 radical (unpaired) electrons. The van der Waals surface area contributed by atoms with Gasteiger partial charge in [0.15, 0.2) is 13.2 Å². The summed E-state index contributed by atoms with van der Waals surface area (Å²) in [5, 5.41) is 0. The second-order valence-electron chi connectivity index (χ2n) is 6.28. The third kappa shape index (κ3) is 6.64. The van der Waals surface area contributed by atoms with Crippen LogP contribution in [0.25, 0.3) is 0 Å². The van der Waals surface area contributed by atoms with E-state index in [2.05, 4.69) is 9.47 Å². The van der Waals surface area contributed by atoms with Gasteiger partial charge in [0, 0.05) is 25.8 Å². The van der Waals surface area contributed by atoms with E-state index in [9.17, 15) is 34.8 Å². The van der Waals surface area contributed by atoms with Crippen molar-refractivity contribution in [2.75, 3.05) is 33.5 Å². The van der Waals surface area contributed by atoms with Gasteiger partial charge in [0.05, 0.1) is 6.61 Å². The number of benzene rings is 1. The number of alkyl halides is 6. The van der Waals surface area contributed by atoms with Gasteiger partial charge in [-0.2, -0.15) is 30.6 Å². The Kier molecular flexibility index (Phi) is 7.28. The summed E-state index contributed by atoms with van der Waals surface area (Å²) < 4.78 is 116. The third-order valence-electron chi connectivity index (χ3n) is 3.98. The number of ether oxygens (including phenoxy) is 3. The van der Waals surface area contributed by atoms with Crippen LogP contribution >= 0.6 is 0 Å². The van der Waals surface area contributed by atoms with Crippen LogP contribution in [-0.2, 0) is 14.8 Å². The summed E-state index contributed by atoms with van der Waals surface area (Å²) in [6, 6.07) is 1.92. The van der Waals surface area contributed by atoms with Gasteiger partial charge >= 0.3 is 12.4 Å². The first-order chi connectivity index (χ1) is 13.3. The molecule has 1 aliphatic rings. The molecule has 0 saturated carbocycles. The minimum absolute atomic E-state index is 0.0578. The number of rotatable bonds is 8. The molecule has 6 nitrogen and oxygen atoms in total. The molecule has 29 heavy (non-hydrogen) atoms. The molecule has 13 heteroatoms. The van der Waals surface area contributed by atoms with E-state index in [0.717, 1.165) is 22.5 Å². The highest BCUT2D eigenvalue weighted by Crippen LogP contribution is 2.35. The summed E-state index contributed by atoms with van der Waals surface area (Å²) in [5.41, 5.74) is 0. The first-order valence-electron chi connectivity index (χ1n) is 8.37. The summed E-state index contributed by atoms with van der Waals surface area (Å²) >= 11 is 0. The van der Waals surface area contributed by atoms with Crippen molar-refractivity contribution in [1.29, 1.82) is 0 Å². The van der Waals surface area contributed by atoms with Gasteiger partial charge < -0.3 is 14.2 Å². The van der Waals surface area contributed by atoms with Gasteiger partial charge in [0.25, 0.3) is 0 Å². The maximum atomic E-state index is 13.0. The average Bonchev–Trinajstić information content (AvgIpc) is 3.06. The van der Waals surface area contributed by atoms with Gasteiger partial charge in [-0.25, -0.2) is 8.42 Å². The van der Waals surface area contributed by atoms with E-state index >= 15 is 0 Å². The molecule has 166 valence electrons. The minimum Gasteiger partial charge on any atom is -0.484 e. The molecule has 1 unspecified atom stereocenters. The second kappa shape index (κ2) is 8.96. The van der Waals surface area contributed by atoms with Gasteiger partial charge in [0.1, 0.15) is 16.4 Å². The molecular formula is C16H19F6NO5S. The molecule has 1 aromatic carbocycles. The zero-order valence-electron chi connectivity index (χ0n) is 15.2. The van der Waals surface area contributed by atoms with Crippen molar-refractivity contribution in [3.05, 3.63) is 18.2 Å². The molecule has 0 amide bonds. The average molecular weight is 451 g/mol. The van der Waals surface area contributed by atoms with Gasteiger partial charge in [-0.05, 0) is 25.0 Å². The highest BCUT2D eigenvalue weighted by atomic mass is 32.2. The molecule has 0 aromatic heterocycles. The molecular weight excluding hydrogens is 432 g/mol. The second-order valence-corrected chi connectivity index (χ2v) is 8.14. The fourth-order valence-electron chi connectivity index (χ4n) is 2.83. The highest BCUT2D eigenvalue weighted by molar-refractivity contribution is 7.89. The zero-order chi connectivity index (χ0) is 21.9. The fraction of sp³-hybridized carbons (Fsp3) is 0.625. The van der Waals surface area contributed by atoms with Crippen LogP contribution in [0.5, 0.6) is 11.5 Å². The first-order valence-corrected chi connectivity index (χ1v) is 9.81. The third-order valence-corrected chi connectivity index (χ3v) is 5.95. The van der Waals surface area contributed by atoms with E-state index in [4.69, 9.17) is 4.74 Å². The number of halogens is 6. The van der Waals surface area contributed by atoms with E-state index in [1.807, 2.05) is 0 Å². The number of hydrogen-bond donors (Lipinski definition) is 0. The molecule has 2 rings (SSSR count). The highest BCUT2D eigenvalue weighted by Gasteiger charge is 2.38. The van der Waals surface area contributed by atoms with Crippen molar-refractivity contribution in [3.8, 4) is 11.5 Å². The molecule has 0 bridgehead atoms. The van der Waals surface area contributed by atoms with Crippen LogP contribution in [0.1, 0.15) is 12.8 Å². The van der Waals surface area contributed by atoms with Gasteiger partial charge in [0.2, 0.25) is 10.0 Å². The fourth-order valence-corrected chi connectivity index (χ4v) is 4.66. The Morgan fingerprint density at radius 2 is 1.69 bits per heavy atom. The molecule has 0 N–H and O–H groups in total. The van der Waals surface area contributed by atoms with Crippen LogP contribution in [-0.4, -0.2) is 64.6 Å². The predicted octanol–water partition coefficient (Wildman–Crippen LogP) is 3.37. The van der Waals surface area contributed by atoms with Crippen molar-refractivity contribution >= 4 is 10.0 Å². The molecule has 0 spiro atoms. The Bertz CT molecular complexity index is 796. The lowest BCUT2D eigenvalue weighted by Gasteiger charge is -2.25. The van der Waals surface area contributed by atoms with E-state index < -0.39 is 58.0 Å². The molecule has 1 aliphatic heterocycles. The monoisotopic (exact) mass is 451 g/mol. The van der Waals surface area contributed by atoms with Gasteiger partial charge in [-0.3, -0.25) is 0 Å². The van der Waals surface area contributed by atoms with Crippen LogP contribution in [0.2, 0.25) is 0 Å². The number of sulfonamides is 1. The first kappa shape index (κ1) is 23.5. The molecule has 1 saturated heterocycles. The smallest absolute Gasteiger partial charge is 0.422 e. The van der Waals surface area contributed by atoms with E-state index in [0.29, 0.717) is 12.8 Å². The van der Waals surface area contributed by atoms with Crippen molar-refractivity contribution < 1.29 is 49.0 Å². The van der Waals surface area contributed by atoms with Crippen molar-refractivity contribution in [1.82, 2.24) is 4.31 Å². The van der Waals surface area contributed by atoms with Crippen molar-refractivity contribution in [2.24, 2.45) is 0 Å². The van der Waals surface area contributed by atoms with Crippen LogP contribution in [0, 0.1) is 0 Å². The minimum atomic E-state index is -4.74. The number of nitrogens with zero attached hydrogens (tertiary/aromatic N) is 1. The van der Waals surface area contributed by atoms with E-state index in [1.54, 1.807) is 0 Å². The van der Waals surface area contributed by atoms with Crippen LogP contribution < -0.4 is 9.47 Å². The molecule has 1 fully saturated rings. The Morgan fingerprint density at radius 1 is 1.07 bits per heavy atom. The molecule has 1 heterocycles. The Morgan fingerprint density at radius 3 is 2.28 bits per heavy atom. The van der Waals surface area contributed by atoms with Crippen LogP contribution in [0.3, 0.4) is 0 Å². The Balaban J connectivity index is 2.40. The molecule has 1 aromatic rings. The lowest BCUT2D eigenvalue weighted by Crippen LogP contribution is -2.38. The summed E-state index contributed by atoms with van der Waals surface area (Å²) in [7, 11) is -3.02. The van der Waals surface area contributed by atoms with Crippen molar-refractivity contribution in [2.45, 2.75) is 36.1 Å². The summed E-state index contributed by atoms with van der Waals surface area (Å²) in [4.78, 5) is -0.704. The maximum absolute atomic E-state index is 13.0. The summed E-state index contributed by atoms with van der Waals surface area (Å²) in [5.74, 6) is -1.10. The number of hydrogen-bond acceptors (Lipinski definition) is 5. The van der Waals surface area contributed by atoms with Gasteiger partial charge in [-0.1, -0.05) is 0 Å². The van der Waals surface area contributed by atoms with E-state index in [1.165, 1.54) is 7.11 Å². The summed E-state index contributed by atoms with van der Waals surface area (Å²) in [6.07, 6.45) is -8.45. The van der Waals surface area contributed by atoms with E-state index in [-0.39, 0.29) is 13.2 Å².